The Morgan fingerprint density at radius 1 is 1.44 bits per heavy atom. The number of aryl methyl sites for hydroxylation is 1. The summed E-state index contributed by atoms with van der Waals surface area (Å²) in [5.74, 6) is -0.178. The van der Waals surface area contributed by atoms with Gasteiger partial charge < -0.3 is 5.32 Å². The SMILES string of the molecule is CCNCc1cccc(F)c1Sc1nc(C)cs1. The molecule has 0 saturated heterocycles. The van der Waals surface area contributed by atoms with Gasteiger partial charge in [0.15, 0.2) is 4.34 Å². The minimum absolute atomic E-state index is 0.178. The second kappa shape index (κ2) is 6.31. The van der Waals surface area contributed by atoms with Crippen molar-refractivity contribution >= 4 is 23.1 Å². The zero-order valence-electron chi connectivity index (χ0n) is 10.4. The summed E-state index contributed by atoms with van der Waals surface area (Å²) < 4.78 is 14.8. The normalized spacial score (nSPS) is 10.8. The third kappa shape index (κ3) is 3.31. The van der Waals surface area contributed by atoms with Crippen LogP contribution in [0.3, 0.4) is 0 Å². The molecule has 1 aromatic heterocycles. The molecule has 0 unspecified atom stereocenters. The first-order valence-electron chi connectivity index (χ1n) is 5.78. The van der Waals surface area contributed by atoms with Crippen LogP contribution >= 0.6 is 23.1 Å². The van der Waals surface area contributed by atoms with Gasteiger partial charge >= 0.3 is 0 Å². The van der Waals surface area contributed by atoms with Crippen LogP contribution in [0.1, 0.15) is 18.2 Å². The van der Waals surface area contributed by atoms with Gasteiger partial charge in [-0.05, 0) is 25.1 Å². The van der Waals surface area contributed by atoms with Gasteiger partial charge in [-0.1, -0.05) is 30.8 Å². The summed E-state index contributed by atoms with van der Waals surface area (Å²) in [7, 11) is 0. The molecular weight excluding hydrogens is 267 g/mol. The highest BCUT2D eigenvalue weighted by atomic mass is 32.2. The number of hydrogen-bond acceptors (Lipinski definition) is 4. The van der Waals surface area contributed by atoms with Gasteiger partial charge in [0.05, 0.1) is 4.90 Å². The Balaban J connectivity index is 2.24. The number of halogens is 1. The summed E-state index contributed by atoms with van der Waals surface area (Å²) >= 11 is 2.95. The summed E-state index contributed by atoms with van der Waals surface area (Å²) in [5, 5.41) is 5.21. The van der Waals surface area contributed by atoms with E-state index < -0.39 is 0 Å². The Bertz CT molecular complexity index is 525. The molecule has 0 aliphatic heterocycles. The van der Waals surface area contributed by atoms with Gasteiger partial charge in [-0.3, -0.25) is 0 Å². The van der Waals surface area contributed by atoms with E-state index in [2.05, 4.69) is 10.3 Å². The Labute approximate surface area is 115 Å². The molecule has 0 fully saturated rings. The number of rotatable bonds is 5. The lowest BCUT2D eigenvalue weighted by Gasteiger charge is -2.09. The highest BCUT2D eigenvalue weighted by molar-refractivity contribution is 8.01. The molecule has 0 atom stereocenters. The van der Waals surface area contributed by atoms with E-state index in [-0.39, 0.29) is 5.82 Å². The Hall–Kier alpha value is -0.910. The first-order valence-corrected chi connectivity index (χ1v) is 7.48. The predicted molar refractivity (Wildman–Crippen MR) is 74.8 cm³/mol. The maximum absolute atomic E-state index is 13.9. The highest BCUT2D eigenvalue weighted by Gasteiger charge is 2.11. The molecular formula is C13H15FN2S2. The average Bonchev–Trinajstić information content (AvgIpc) is 2.76. The molecule has 0 amide bonds. The van der Waals surface area contributed by atoms with Crippen LogP contribution in [0, 0.1) is 12.7 Å². The summed E-state index contributed by atoms with van der Waals surface area (Å²) in [6.07, 6.45) is 0. The van der Waals surface area contributed by atoms with Crippen molar-refractivity contribution < 1.29 is 4.39 Å². The van der Waals surface area contributed by atoms with E-state index in [0.717, 1.165) is 22.1 Å². The monoisotopic (exact) mass is 282 g/mol. The lowest BCUT2D eigenvalue weighted by Crippen LogP contribution is -2.12. The van der Waals surface area contributed by atoms with Gasteiger partial charge in [0.25, 0.3) is 0 Å². The average molecular weight is 282 g/mol. The first kappa shape index (κ1) is 13.5. The van der Waals surface area contributed by atoms with E-state index >= 15 is 0 Å². The van der Waals surface area contributed by atoms with Crippen LogP contribution in [0.2, 0.25) is 0 Å². The van der Waals surface area contributed by atoms with Crippen molar-refractivity contribution in [1.29, 1.82) is 0 Å². The molecule has 2 nitrogen and oxygen atoms in total. The number of aromatic nitrogens is 1. The fourth-order valence-electron chi connectivity index (χ4n) is 1.53. The second-order valence-electron chi connectivity index (χ2n) is 3.87. The van der Waals surface area contributed by atoms with E-state index in [4.69, 9.17) is 0 Å². The molecule has 2 rings (SSSR count). The zero-order valence-corrected chi connectivity index (χ0v) is 12.0. The molecule has 18 heavy (non-hydrogen) atoms. The van der Waals surface area contributed by atoms with Crippen molar-refractivity contribution in [3.8, 4) is 0 Å². The van der Waals surface area contributed by atoms with Gasteiger partial charge in [0.2, 0.25) is 0 Å². The first-order chi connectivity index (χ1) is 8.70. The van der Waals surface area contributed by atoms with E-state index in [1.54, 1.807) is 17.4 Å². The van der Waals surface area contributed by atoms with E-state index in [0.29, 0.717) is 11.4 Å². The maximum atomic E-state index is 13.9. The number of thiazole rings is 1. The Kier molecular flexibility index (Phi) is 4.74. The number of nitrogens with zero attached hydrogens (tertiary/aromatic N) is 1. The summed E-state index contributed by atoms with van der Waals surface area (Å²) in [5.41, 5.74) is 1.96. The molecule has 0 saturated carbocycles. The highest BCUT2D eigenvalue weighted by Crippen LogP contribution is 2.34. The van der Waals surface area contributed by atoms with Gasteiger partial charge in [-0.15, -0.1) is 11.3 Å². The number of nitrogens with one attached hydrogen (secondary N) is 1. The Morgan fingerprint density at radius 2 is 2.28 bits per heavy atom. The molecule has 1 N–H and O–H groups in total. The third-order valence-electron chi connectivity index (χ3n) is 2.40. The molecule has 1 aromatic carbocycles. The molecule has 1 heterocycles. The minimum atomic E-state index is -0.178. The van der Waals surface area contributed by atoms with Gasteiger partial charge in [-0.25, -0.2) is 9.37 Å². The van der Waals surface area contributed by atoms with E-state index in [1.165, 1.54) is 17.8 Å². The maximum Gasteiger partial charge on any atom is 0.155 e. The topological polar surface area (TPSA) is 24.9 Å². The minimum Gasteiger partial charge on any atom is -0.313 e. The predicted octanol–water partition coefficient (Wildman–Crippen LogP) is 3.85. The van der Waals surface area contributed by atoms with Crippen molar-refractivity contribution in [3.05, 3.63) is 40.7 Å². The zero-order chi connectivity index (χ0) is 13.0. The summed E-state index contributed by atoms with van der Waals surface area (Å²) in [6, 6.07) is 5.20. The molecule has 0 bridgehead atoms. The van der Waals surface area contributed by atoms with Crippen LogP contribution in [0.4, 0.5) is 4.39 Å². The number of hydrogen-bond donors (Lipinski definition) is 1. The van der Waals surface area contributed by atoms with Crippen molar-refractivity contribution in [2.24, 2.45) is 0 Å². The lowest BCUT2D eigenvalue weighted by atomic mass is 10.2. The van der Waals surface area contributed by atoms with Crippen molar-refractivity contribution in [2.45, 2.75) is 29.6 Å². The van der Waals surface area contributed by atoms with E-state index in [9.17, 15) is 4.39 Å². The van der Waals surface area contributed by atoms with E-state index in [1.807, 2.05) is 25.3 Å². The largest absolute Gasteiger partial charge is 0.313 e. The lowest BCUT2D eigenvalue weighted by molar-refractivity contribution is 0.591. The van der Waals surface area contributed by atoms with Crippen molar-refractivity contribution in [1.82, 2.24) is 10.3 Å². The molecule has 0 aliphatic rings. The molecule has 96 valence electrons. The van der Waals surface area contributed by atoms with Gasteiger partial charge in [0.1, 0.15) is 5.82 Å². The van der Waals surface area contributed by atoms with Gasteiger partial charge in [0, 0.05) is 17.6 Å². The van der Waals surface area contributed by atoms with Gasteiger partial charge in [-0.2, -0.15) is 0 Å². The van der Waals surface area contributed by atoms with Crippen LogP contribution < -0.4 is 5.32 Å². The Morgan fingerprint density at radius 3 is 2.94 bits per heavy atom. The van der Waals surface area contributed by atoms with Crippen LogP contribution in [0.15, 0.2) is 32.8 Å². The van der Waals surface area contributed by atoms with Crippen LogP contribution in [-0.2, 0) is 6.54 Å². The standard InChI is InChI=1S/C13H15FN2S2/c1-3-15-7-10-5-4-6-11(14)12(10)18-13-16-9(2)8-17-13/h4-6,8,15H,3,7H2,1-2H3. The molecule has 0 radical (unpaired) electrons. The fraction of sp³-hybridized carbons (Fsp3) is 0.308. The smallest absolute Gasteiger partial charge is 0.155 e. The molecule has 0 aliphatic carbocycles. The molecule has 5 heteroatoms. The molecule has 0 spiro atoms. The summed E-state index contributed by atoms with van der Waals surface area (Å²) in [4.78, 5) is 5.04. The van der Waals surface area contributed by atoms with Crippen molar-refractivity contribution in [2.75, 3.05) is 6.54 Å². The molecule has 2 aromatic rings. The number of benzene rings is 1. The van der Waals surface area contributed by atoms with Crippen LogP contribution in [0.5, 0.6) is 0 Å². The van der Waals surface area contributed by atoms with Crippen LogP contribution in [0.25, 0.3) is 0 Å². The second-order valence-corrected chi connectivity index (χ2v) is 5.98. The van der Waals surface area contributed by atoms with Crippen LogP contribution in [-0.4, -0.2) is 11.5 Å². The quantitative estimate of drug-likeness (QED) is 0.901. The summed E-state index contributed by atoms with van der Waals surface area (Å²) in [6.45, 7) is 5.54. The third-order valence-corrected chi connectivity index (χ3v) is 4.62. The fourth-order valence-corrected chi connectivity index (χ4v) is 3.44. The van der Waals surface area contributed by atoms with Crippen molar-refractivity contribution in [3.63, 3.8) is 0 Å².